The van der Waals surface area contributed by atoms with Crippen molar-refractivity contribution in [3.8, 4) is 0 Å². The molecular formula is C6H6F3NO3S. The summed E-state index contributed by atoms with van der Waals surface area (Å²) in [6.07, 6.45) is -4.15. The summed E-state index contributed by atoms with van der Waals surface area (Å²) in [6, 6.07) is 0. The van der Waals surface area contributed by atoms with Crippen molar-refractivity contribution in [1.82, 2.24) is 5.16 Å². The van der Waals surface area contributed by atoms with Crippen LogP contribution in [0.25, 0.3) is 0 Å². The lowest BCUT2D eigenvalue weighted by Crippen LogP contribution is -2.12. The summed E-state index contributed by atoms with van der Waals surface area (Å²) >= 11 is 0. The lowest BCUT2D eigenvalue weighted by molar-refractivity contribution is -0.144. The molecule has 1 aromatic heterocycles. The van der Waals surface area contributed by atoms with E-state index < -0.39 is 26.6 Å². The van der Waals surface area contributed by atoms with Crippen molar-refractivity contribution in [2.45, 2.75) is 18.0 Å². The SMILES string of the molecule is Cc1onc(C(F)(F)F)c1S(C)(=O)=O. The first-order valence-corrected chi connectivity index (χ1v) is 5.26. The van der Waals surface area contributed by atoms with Gasteiger partial charge in [-0.25, -0.2) is 8.42 Å². The van der Waals surface area contributed by atoms with Gasteiger partial charge in [0.1, 0.15) is 4.90 Å². The van der Waals surface area contributed by atoms with Crippen LogP contribution in [0.4, 0.5) is 13.2 Å². The van der Waals surface area contributed by atoms with Crippen molar-refractivity contribution in [1.29, 1.82) is 0 Å². The number of nitrogens with zero attached hydrogens (tertiary/aromatic N) is 1. The van der Waals surface area contributed by atoms with E-state index in [0.29, 0.717) is 6.26 Å². The van der Waals surface area contributed by atoms with Crippen molar-refractivity contribution in [2.24, 2.45) is 0 Å². The smallest absolute Gasteiger partial charge is 0.360 e. The molecule has 1 aromatic rings. The summed E-state index contributed by atoms with van der Waals surface area (Å²) in [7, 11) is -3.98. The molecule has 0 bridgehead atoms. The van der Waals surface area contributed by atoms with E-state index in [4.69, 9.17) is 0 Å². The summed E-state index contributed by atoms with van der Waals surface area (Å²) in [5.74, 6) is -0.361. The van der Waals surface area contributed by atoms with Gasteiger partial charge in [0.2, 0.25) is 5.69 Å². The zero-order chi connectivity index (χ0) is 11.1. The van der Waals surface area contributed by atoms with Gasteiger partial charge in [-0.05, 0) is 6.92 Å². The van der Waals surface area contributed by atoms with Crippen LogP contribution in [0.1, 0.15) is 11.5 Å². The Balaban J connectivity index is 3.51. The first-order chi connectivity index (χ1) is 6.14. The van der Waals surface area contributed by atoms with Gasteiger partial charge in [-0.15, -0.1) is 0 Å². The highest BCUT2D eigenvalue weighted by Crippen LogP contribution is 2.34. The Morgan fingerprint density at radius 2 is 1.86 bits per heavy atom. The maximum atomic E-state index is 12.2. The third-order valence-corrected chi connectivity index (χ3v) is 2.67. The van der Waals surface area contributed by atoms with Crippen molar-refractivity contribution < 1.29 is 26.1 Å². The fourth-order valence-corrected chi connectivity index (χ4v) is 2.04. The largest absolute Gasteiger partial charge is 0.438 e. The zero-order valence-corrected chi connectivity index (χ0v) is 8.03. The van der Waals surface area contributed by atoms with Gasteiger partial charge in [0, 0.05) is 6.26 Å². The molecule has 1 heterocycles. The second-order valence-corrected chi connectivity index (χ2v) is 4.64. The van der Waals surface area contributed by atoms with Crippen LogP contribution in [0.5, 0.6) is 0 Å². The van der Waals surface area contributed by atoms with Gasteiger partial charge in [-0.2, -0.15) is 13.2 Å². The molecule has 0 aliphatic rings. The minimum absolute atomic E-state index is 0.361. The number of aromatic nitrogens is 1. The molecular weight excluding hydrogens is 223 g/mol. The molecule has 0 fully saturated rings. The van der Waals surface area contributed by atoms with Crippen molar-refractivity contribution in [3.63, 3.8) is 0 Å². The molecule has 0 aliphatic carbocycles. The summed E-state index contributed by atoms with van der Waals surface area (Å²) in [5, 5.41) is 2.67. The Bertz CT molecular complexity index is 445. The molecule has 0 radical (unpaired) electrons. The Morgan fingerprint density at radius 1 is 1.36 bits per heavy atom. The van der Waals surface area contributed by atoms with Gasteiger partial charge >= 0.3 is 6.18 Å². The van der Waals surface area contributed by atoms with Gasteiger partial charge in [-0.3, -0.25) is 0 Å². The molecule has 80 valence electrons. The normalized spacial score (nSPS) is 13.2. The van der Waals surface area contributed by atoms with Gasteiger partial charge in [0.25, 0.3) is 0 Å². The minimum atomic E-state index is -4.82. The van der Waals surface area contributed by atoms with Crippen LogP contribution in [0.2, 0.25) is 0 Å². The fraction of sp³-hybridized carbons (Fsp3) is 0.500. The van der Waals surface area contributed by atoms with Gasteiger partial charge in [0.15, 0.2) is 15.6 Å². The van der Waals surface area contributed by atoms with Crippen LogP contribution in [0, 0.1) is 6.92 Å². The number of aryl methyl sites for hydroxylation is 1. The van der Waals surface area contributed by atoms with Gasteiger partial charge in [0.05, 0.1) is 0 Å². The second-order valence-electron chi connectivity index (χ2n) is 2.69. The summed E-state index contributed by atoms with van der Waals surface area (Å²) in [5.41, 5.74) is -1.50. The lowest BCUT2D eigenvalue weighted by Gasteiger charge is -2.03. The van der Waals surface area contributed by atoms with Crippen molar-refractivity contribution in [2.75, 3.05) is 6.26 Å². The summed E-state index contributed by atoms with van der Waals surface area (Å²) < 4.78 is 62.8. The third kappa shape index (κ3) is 1.89. The Labute approximate surface area is 77.6 Å². The second kappa shape index (κ2) is 2.97. The van der Waals surface area contributed by atoms with E-state index >= 15 is 0 Å². The molecule has 0 aliphatic heterocycles. The van der Waals surface area contributed by atoms with Crippen LogP contribution in [0.15, 0.2) is 9.42 Å². The number of hydrogen-bond acceptors (Lipinski definition) is 4. The quantitative estimate of drug-likeness (QED) is 0.730. The predicted octanol–water partition coefficient (Wildman–Crippen LogP) is 1.41. The molecule has 0 aromatic carbocycles. The van der Waals surface area contributed by atoms with Crippen molar-refractivity contribution >= 4 is 9.84 Å². The van der Waals surface area contributed by atoms with Gasteiger partial charge < -0.3 is 4.52 Å². The zero-order valence-electron chi connectivity index (χ0n) is 7.21. The molecule has 0 atom stereocenters. The lowest BCUT2D eigenvalue weighted by atomic mass is 10.4. The summed E-state index contributed by atoms with van der Waals surface area (Å²) in [4.78, 5) is -0.898. The Morgan fingerprint density at radius 3 is 2.14 bits per heavy atom. The van der Waals surface area contributed by atoms with E-state index in [9.17, 15) is 21.6 Å². The Kier molecular flexibility index (Phi) is 2.34. The maximum absolute atomic E-state index is 12.2. The van der Waals surface area contributed by atoms with Crippen LogP contribution < -0.4 is 0 Å². The average Bonchev–Trinajstić information content (AvgIpc) is 2.27. The first kappa shape index (κ1) is 11.0. The van der Waals surface area contributed by atoms with E-state index in [1.165, 1.54) is 0 Å². The Hall–Kier alpha value is -1.05. The summed E-state index contributed by atoms with van der Waals surface area (Å²) in [6.45, 7) is 1.11. The fourth-order valence-electron chi connectivity index (χ4n) is 0.981. The van der Waals surface area contributed by atoms with Crippen LogP contribution in [0.3, 0.4) is 0 Å². The number of halogens is 3. The molecule has 0 N–H and O–H groups in total. The monoisotopic (exact) mass is 229 g/mol. The highest BCUT2D eigenvalue weighted by Gasteiger charge is 2.41. The number of sulfone groups is 1. The molecule has 4 nitrogen and oxygen atoms in total. The van der Waals surface area contributed by atoms with E-state index in [0.717, 1.165) is 6.92 Å². The molecule has 0 unspecified atom stereocenters. The molecule has 0 saturated heterocycles. The molecule has 0 saturated carbocycles. The van der Waals surface area contributed by atoms with E-state index in [1.54, 1.807) is 0 Å². The topological polar surface area (TPSA) is 60.2 Å². The van der Waals surface area contributed by atoms with E-state index in [-0.39, 0.29) is 5.76 Å². The molecule has 0 spiro atoms. The first-order valence-electron chi connectivity index (χ1n) is 3.37. The number of hydrogen-bond donors (Lipinski definition) is 0. The standard InChI is InChI=1S/C6H6F3NO3S/c1-3-4(14(2,11)12)5(10-13-3)6(7,8)9/h1-2H3. The third-order valence-electron chi connectivity index (χ3n) is 1.45. The predicted molar refractivity (Wildman–Crippen MR) is 39.4 cm³/mol. The molecule has 8 heteroatoms. The molecule has 0 amide bonds. The number of alkyl halides is 3. The van der Waals surface area contributed by atoms with Crippen LogP contribution in [-0.2, 0) is 16.0 Å². The van der Waals surface area contributed by atoms with E-state index in [1.807, 2.05) is 0 Å². The average molecular weight is 229 g/mol. The van der Waals surface area contributed by atoms with Gasteiger partial charge in [-0.1, -0.05) is 5.16 Å². The maximum Gasteiger partial charge on any atom is 0.438 e. The molecule has 14 heavy (non-hydrogen) atoms. The number of rotatable bonds is 1. The highest BCUT2D eigenvalue weighted by atomic mass is 32.2. The highest BCUT2D eigenvalue weighted by molar-refractivity contribution is 7.90. The molecule has 1 rings (SSSR count). The van der Waals surface area contributed by atoms with Crippen LogP contribution in [-0.4, -0.2) is 19.8 Å². The van der Waals surface area contributed by atoms with Crippen molar-refractivity contribution in [3.05, 3.63) is 11.5 Å². The minimum Gasteiger partial charge on any atom is -0.360 e. The van der Waals surface area contributed by atoms with E-state index in [2.05, 4.69) is 9.68 Å². The van der Waals surface area contributed by atoms with Crippen LogP contribution >= 0.6 is 0 Å².